The maximum absolute atomic E-state index is 13.4. The minimum absolute atomic E-state index is 0.0370. The first-order chi connectivity index (χ1) is 17.2. The van der Waals surface area contributed by atoms with Crippen LogP contribution >= 0.6 is 0 Å². The molecule has 35 heavy (non-hydrogen) atoms. The lowest BCUT2D eigenvalue weighted by molar-refractivity contribution is -0.125. The molecule has 1 aliphatic heterocycles. The second-order valence-corrected chi connectivity index (χ2v) is 9.42. The molecule has 2 heterocycles. The van der Waals surface area contributed by atoms with Crippen LogP contribution in [0.1, 0.15) is 53.7 Å². The minimum atomic E-state index is -0.431. The van der Waals surface area contributed by atoms with E-state index in [0.29, 0.717) is 24.6 Å². The molecule has 3 aromatic rings. The van der Waals surface area contributed by atoms with Gasteiger partial charge in [0.2, 0.25) is 5.91 Å². The van der Waals surface area contributed by atoms with Gasteiger partial charge in [-0.2, -0.15) is 0 Å². The number of rotatable bonds is 7. The highest BCUT2D eigenvalue weighted by Gasteiger charge is 2.47. The van der Waals surface area contributed by atoms with E-state index < -0.39 is 6.04 Å². The number of fused-ring (bicyclic) bond motifs is 1. The maximum Gasteiger partial charge on any atom is 0.254 e. The van der Waals surface area contributed by atoms with Crippen molar-refractivity contribution in [3.63, 3.8) is 0 Å². The van der Waals surface area contributed by atoms with Gasteiger partial charge < -0.3 is 15.0 Å². The molecule has 6 heteroatoms. The summed E-state index contributed by atoms with van der Waals surface area (Å²) in [6.07, 6.45) is 6.83. The first kappa shape index (κ1) is 23.1. The number of pyridine rings is 1. The average molecular weight is 470 g/mol. The van der Waals surface area contributed by atoms with Gasteiger partial charge in [-0.05, 0) is 67.1 Å². The van der Waals surface area contributed by atoms with E-state index in [2.05, 4.69) is 10.3 Å². The number of nitrogens with zero attached hydrogens (tertiary/aromatic N) is 2. The second kappa shape index (κ2) is 10.7. The third-order valence-corrected chi connectivity index (χ3v) is 7.12. The van der Waals surface area contributed by atoms with E-state index in [-0.39, 0.29) is 17.9 Å². The summed E-state index contributed by atoms with van der Waals surface area (Å²) in [5.74, 6) is 1.01. The molecule has 5 rings (SSSR count). The lowest BCUT2D eigenvalue weighted by atomic mass is 9.84. The molecule has 1 saturated carbocycles. The van der Waals surface area contributed by atoms with E-state index >= 15 is 0 Å². The fourth-order valence-corrected chi connectivity index (χ4v) is 5.41. The predicted octanol–water partition coefficient (Wildman–Crippen LogP) is 4.75. The first-order valence-electron chi connectivity index (χ1n) is 12.5. The number of carbonyl (C=O) groups excluding carboxylic acids is 2. The molecule has 0 radical (unpaired) electrons. The highest BCUT2D eigenvalue weighted by Crippen LogP contribution is 2.40. The third kappa shape index (κ3) is 5.37. The van der Waals surface area contributed by atoms with Gasteiger partial charge in [0.1, 0.15) is 18.4 Å². The summed E-state index contributed by atoms with van der Waals surface area (Å²) in [5, 5.41) is 3.09. The molecule has 3 unspecified atom stereocenters. The molecule has 2 aromatic carbocycles. The zero-order valence-electron chi connectivity index (χ0n) is 19.8. The van der Waals surface area contributed by atoms with Gasteiger partial charge in [0.25, 0.3) is 5.91 Å². The molecule has 0 bridgehead atoms. The van der Waals surface area contributed by atoms with Crippen LogP contribution in [0.15, 0.2) is 79.0 Å². The Kier molecular flexibility index (Phi) is 7.07. The zero-order valence-corrected chi connectivity index (χ0v) is 19.8. The Bertz CT molecular complexity index is 1150. The average Bonchev–Trinajstić information content (AvgIpc) is 3.31. The second-order valence-electron chi connectivity index (χ2n) is 9.42. The molecule has 6 nitrogen and oxygen atoms in total. The number of carbonyl (C=O) groups is 2. The summed E-state index contributed by atoms with van der Waals surface area (Å²) in [6, 6.07) is 22.5. The lowest BCUT2D eigenvalue weighted by Crippen LogP contribution is -2.49. The molecule has 180 valence electrons. The van der Waals surface area contributed by atoms with Crippen molar-refractivity contribution >= 4 is 11.8 Å². The lowest BCUT2D eigenvalue weighted by Gasteiger charge is -2.33. The predicted molar refractivity (Wildman–Crippen MR) is 134 cm³/mol. The van der Waals surface area contributed by atoms with E-state index in [1.165, 1.54) is 6.42 Å². The maximum atomic E-state index is 13.4. The number of amides is 2. The van der Waals surface area contributed by atoms with Crippen molar-refractivity contribution in [3.8, 4) is 5.75 Å². The monoisotopic (exact) mass is 469 g/mol. The summed E-state index contributed by atoms with van der Waals surface area (Å²) in [5.41, 5.74) is 2.46. The fourth-order valence-electron chi connectivity index (χ4n) is 5.41. The molecular formula is C29H31N3O3. The van der Waals surface area contributed by atoms with Gasteiger partial charge in [-0.25, -0.2) is 0 Å². The van der Waals surface area contributed by atoms with Crippen LogP contribution in [-0.4, -0.2) is 33.8 Å². The Morgan fingerprint density at radius 2 is 1.80 bits per heavy atom. The van der Waals surface area contributed by atoms with Gasteiger partial charge >= 0.3 is 0 Å². The smallest absolute Gasteiger partial charge is 0.254 e. The molecule has 2 aliphatic rings. The van der Waals surface area contributed by atoms with E-state index in [4.69, 9.17) is 4.74 Å². The van der Waals surface area contributed by atoms with Crippen LogP contribution in [-0.2, 0) is 17.9 Å². The summed E-state index contributed by atoms with van der Waals surface area (Å²) in [7, 11) is 0. The molecule has 1 N–H and O–H groups in total. The molecule has 0 spiro atoms. The molecule has 1 aromatic heterocycles. The number of benzene rings is 2. The number of ether oxygens (including phenoxy) is 1. The molecule has 1 saturated heterocycles. The van der Waals surface area contributed by atoms with Crippen molar-refractivity contribution in [2.45, 2.75) is 57.3 Å². The number of aromatic nitrogens is 1. The molecule has 2 fully saturated rings. The van der Waals surface area contributed by atoms with Crippen LogP contribution in [0.3, 0.4) is 0 Å². The van der Waals surface area contributed by atoms with Crippen LogP contribution in [0.4, 0.5) is 0 Å². The van der Waals surface area contributed by atoms with Crippen LogP contribution < -0.4 is 10.1 Å². The molecule has 3 atom stereocenters. The fraction of sp³-hybridized carbons (Fsp3) is 0.345. The quantitative estimate of drug-likeness (QED) is 0.542. The van der Waals surface area contributed by atoms with Crippen molar-refractivity contribution in [1.29, 1.82) is 0 Å². The van der Waals surface area contributed by atoms with E-state index in [0.717, 1.165) is 42.7 Å². The Morgan fingerprint density at radius 1 is 0.971 bits per heavy atom. The number of hydrogen-bond donors (Lipinski definition) is 1. The molecular weight excluding hydrogens is 438 g/mol. The zero-order chi connectivity index (χ0) is 24.0. The highest BCUT2D eigenvalue weighted by atomic mass is 16.5. The van der Waals surface area contributed by atoms with Crippen molar-refractivity contribution in [2.24, 2.45) is 5.92 Å². The van der Waals surface area contributed by atoms with E-state index in [9.17, 15) is 9.59 Å². The third-order valence-electron chi connectivity index (χ3n) is 7.12. The largest absolute Gasteiger partial charge is 0.487 e. The van der Waals surface area contributed by atoms with E-state index in [1.807, 2.05) is 77.7 Å². The molecule has 1 aliphatic carbocycles. The van der Waals surface area contributed by atoms with Gasteiger partial charge in [0, 0.05) is 24.3 Å². The van der Waals surface area contributed by atoms with Gasteiger partial charge in [0.15, 0.2) is 0 Å². The van der Waals surface area contributed by atoms with Crippen LogP contribution in [0.5, 0.6) is 5.75 Å². The van der Waals surface area contributed by atoms with Crippen LogP contribution in [0, 0.1) is 5.92 Å². The number of hydrogen-bond acceptors (Lipinski definition) is 4. The van der Waals surface area contributed by atoms with E-state index in [1.54, 1.807) is 6.20 Å². The topological polar surface area (TPSA) is 71.5 Å². The standard InChI is InChI=1S/C29H31N3O3/c33-28(31-19-21-9-8-14-25(17-21)35-20-24-13-6-7-16-30-24)27-18-23-12-4-5-15-26(23)32(27)29(34)22-10-2-1-3-11-22/h1-3,6-11,13-14,16-17,23,26-27H,4-5,12,15,18-20H2,(H,31,33). The van der Waals surface area contributed by atoms with Gasteiger partial charge in [-0.3, -0.25) is 14.6 Å². The van der Waals surface area contributed by atoms with Crippen molar-refractivity contribution < 1.29 is 14.3 Å². The highest BCUT2D eigenvalue weighted by molar-refractivity contribution is 5.98. The number of nitrogens with one attached hydrogen (secondary N) is 1. The van der Waals surface area contributed by atoms with Crippen LogP contribution in [0.25, 0.3) is 0 Å². The summed E-state index contributed by atoms with van der Waals surface area (Å²) in [4.78, 5) is 33.0. The Balaban J connectivity index is 1.25. The summed E-state index contributed by atoms with van der Waals surface area (Å²) in [6.45, 7) is 0.775. The Labute approximate surface area is 206 Å². The SMILES string of the molecule is O=C(NCc1cccc(OCc2ccccn2)c1)C1CC2CCCCC2N1C(=O)c1ccccc1. The minimum Gasteiger partial charge on any atom is -0.487 e. The molecule has 2 amide bonds. The van der Waals surface area contributed by atoms with Crippen molar-refractivity contribution in [1.82, 2.24) is 15.2 Å². The van der Waals surface area contributed by atoms with Gasteiger partial charge in [-0.15, -0.1) is 0 Å². The van der Waals surface area contributed by atoms with Crippen molar-refractivity contribution in [2.75, 3.05) is 0 Å². The van der Waals surface area contributed by atoms with Gasteiger partial charge in [0.05, 0.1) is 5.69 Å². The Morgan fingerprint density at radius 3 is 2.63 bits per heavy atom. The first-order valence-corrected chi connectivity index (χ1v) is 12.5. The Hall–Kier alpha value is -3.67. The van der Waals surface area contributed by atoms with Crippen molar-refractivity contribution in [3.05, 3.63) is 95.8 Å². The normalized spacial score (nSPS) is 21.3. The number of likely N-dealkylation sites (tertiary alicyclic amines) is 1. The van der Waals surface area contributed by atoms with Crippen LogP contribution in [0.2, 0.25) is 0 Å². The summed E-state index contributed by atoms with van der Waals surface area (Å²) < 4.78 is 5.87. The summed E-state index contributed by atoms with van der Waals surface area (Å²) >= 11 is 0. The van der Waals surface area contributed by atoms with Gasteiger partial charge in [-0.1, -0.05) is 49.2 Å².